The van der Waals surface area contributed by atoms with Gasteiger partial charge in [0.1, 0.15) is 0 Å². The summed E-state index contributed by atoms with van der Waals surface area (Å²) >= 11 is 0. The molecule has 2 rings (SSSR count). The average Bonchev–Trinajstić information content (AvgIpc) is 2.75. The Morgan fingerprint density at radius 3 is 2.53 bits per heavy atom. The molecule has 17 heavy (non-hydrogen) atoms. The lowest BCUT2D eigenvalue weighted by atomic mass is 9.90. The molecule has 0 saturated carbocycles. The Hall–Kier alpha value is -1.85. The second-order valence-corrected chi connectivity index (χ2v) is 4.31. The molecule has 2 heterocycles. The van der Waals surface area contributed by atoms with E-state index < -0.39 is 6.09 Å². The third-order valence-corrected chi connectivity index (χ3v) is 3.13. The molecule has 0 spiro atoms. The van der Waals surface area contributed by atoms with E-state index in [2.05, 4.69) is 5.10 Å². The lowest BCUT2D eigenvalue weighted by Crippen LogP contribution is -2.39. The van der Waals surface area contributed by atoms with Gasteiger partial charge in [-0.2, -0.15) is 5.10 Å². The second-order valence-electron chi connectivity index (χ2n) is 4.31. The number of carboxylic acid groups (broad SMARTS) is 1. The molecule has 0 aromatic carbocycles. The molecule has 0 bridgehead atoms. The van der Waals surface area contributed by atoms with Crippen LogP contribution in [-0.4, -0.2) is 44.8 Å². The van der Waals surface area contributed by atoms with Gasteiger partial charge in [-0.15, -0.1) is 0 Å². The van der Waals surface area contributed by atoms with Gasteiger partial charge in [-0.05, 0) is 12.8 Å². The summed E-state index contributed by atoms with van der Waals surface area (Å²) in [6, 6.07) is 0. The summed E-state index contributed by atoms with van der Waals surface area (Å²) < 4.78 is 1.60. The molecule has 1 aromatic heterocycles. The van der Waals surface area contributed by atoms with E-state index in [0.717, 1.165) is 0 Å². The van der Waals surface area contributed by atoms with E-state index in [1.165, 1.54) is 4.90 Å². The summed E-state index contributed by atoms with van der Waals surface area (Å²) in [7, 11) is 1.77. The van der Waals surface area contributed by atoms with Gasteiger partial charge in [0, 0.05) is 32.3 Å². The summed E-state index contributed by atoms with van der Waals surface area (Å²) in [6.45, 7) is 0.873. The van der Waals surface area contributed by atoms with Gasteiger partial charge in [-0.1, -0.05) is 0 Å². The Bertz CT molecular complexity index is 433. The predicted octanol–water partition coefficient (Wildman–Crippen LogP) is 0.993. The molecule has 1 aromatic rings. The largest absolute Gasteiger partial charge is 0.465 e. The van der Waals surface area contributed by atoms with Crippen molar-refractivity contribution >= 4 is 11.9 Å². The minimum Gasteiger partial charge on any atom is -0.465 e. The second kappa shape index (κ2) is 4.57. The van der Waals surface area contributed by atoms with Crippen molar-refractivity contribution in [1.82, 2.24) is 14.7 Å². The molecule has 6 nitrogen and oxygen atoms in total. The van der Waals surface area contributed by atoms with E-state index in [-0.39, 0.29) is 11.7 Å². The molecule has 1 N–H and O–H groups in total. The number of piperidine rings is 1. The van der Waals surface area contributed by atoms with E-state index in [1.807, 2.05) is 0 Å². The van der Waals surface area contributed by atoms with Crippen LogP contribution in [0, 0.1) is 5.92 Å². The van der Waals surface area contributed by atoms with E-state index >= 15 is 0 Å². The van der Waals surface area contributed by atoms with Crippen LogP contribution in [0.25, 0.3) is 0 Å². The Kier molecular flexibility index (Phi) is 3.12. The Labute approximate surface area is 98.8 Å². The van der Waals surface area contributed by atoms with Crippen molar-refractivity contribution in [2.45, 2.75) is 12.8 Å². The van der Waals surface area contributed by atoms with Gasteiger partial charge in [0.05, 0.1) is 11.8 Å². The number of aryl methyl sites for hydroxylation is 1. The van der Waals surface area contributed by atoms with E-state index in [1.54, 1.807) is 24.1 Å². The van der Waals surface area contributed by atoms with Crippen molar-refractivity contribution in [3.63, 3.8) is 0 Å². The zero-order chi connectivity index (χ0) is 12.4. The molecular weight excluding hydrogens is 222 g/mol. The van der Waals surface area contributed by atoms with E-state index in [9.17, 15) is 9.59 Å². The maximum absolute atomic E-state index is 12.1. The fourth-order valence-electron chi connectivity index (χ4n) is 2.12. The minimum absolute atomic E-state index is 0.0724. The average molecular weight is 237 g/mol. The van der Waals surface area contributed by atoms with Crippen molar-refractivity contribution in [2.24, 2.45) is 13.0 Å². The summed E-state index contributed by atoms with van der Waals surface area (Å²) in [6.07, 6.45) is 3.55. The zero-order valence-corrected chi connectivity index (χ0v) is 9.67. The van der Waals surface area contributed by atoms with Crippen molar-refractivity contribution in [3.8, 4) is 0 Å². The van der Waals surface area contributed by atoms with Crippen LogP contribution >= 0.6 is 0 Å². The number of Topliss-reactive ketones (excluding diaryl/α,β-unsaturated/α-hetero) is 1. The van der Waals surface area contributed by atoms with Crippen LogP contribution in [0.15, 0.2) is 12.4 Å². The summed E-state index contributed by atoms with van der Waals surface area (Å²) in [5.74, 6) is -0.00191. The number of carbonyl (C=O) groups excluding carboxylic acids is 1. The number of amides is 1. The highest BCUT2D eigenvalue weighted by Gasteiger charge is 2.28. The molecule has 92 valence electrons. The number of hydrogen-bond acceptors (Lipinski definition) is 3. The quantitative estimate of drug-likeness (QED) is 0.778. The van der Waals surface area contributed by atoms with Gasteiger partial charge < -0.3 is 10.0 Å². The standard InChI is InChI=1S/C11H15N3O3/c1-13-7-9(6-12-13)10(15)8-2-4-14(5-3-8)11(16)17/h6-8H,2-5H2,1H3,(H,16,17). The van der Waals surface area contributed by atoms with Crippen molar-refractivity contribution in [3.05, 3.63) is 18.0 Å². The topological polar surface area (TPSA) is 75.4 Å². The first kappa shape index (κ1) is 11.6. The molecule has 0 radical (unpaired) electrons. The molecule has 1 amide bonds. The van der Waals surface area contributed by atoms with Gasteiger partial charge in [-0.25, -0.2) is 4.79 Å². The first-order chi connectivity index (χ1) is 8.08. The highest BCUT2D eigenvalue weighted by molar-refractivity contribution is 5.97. The monoisotopic (exact) mass is 237 g/mol. The molecule has 0 aliphatic carbocycles. The SMILES string of the molecule is Cn1cc(C(=O)C2CCN(C(=O)O)CC2)cn1. The zero-order valence-electron chi connectivity index (χ0n) is 9.67. The van der Waals surface area contributed by atoms with Crippen LogP contribution in [0.4, 0.5) is 4.79 Å². The predicted molar refractivity (Wildman–Crippen MR) is 59.9 cm³/mol. The normalized spacial score (nSPS) is 17.1. The molecular formula is C11H15N3O3. The number of aromatic nitrogens is 2. The minimum atomic E-state index is -0.905. The maximum Gasteiger partial charge on any atom is 0.407 e. The molecule has 6 heteroatoms. The van der Waals surface area contributed by atoms with Crippen molar-refractivity contribution in [1.29, 1.82) is 0 Å². The van der Waals surface area contributed by atoms with Gasteiger partial charge >= 0.3 is 6.09 Å². The molecule has 1 aliphatic rings. The highest BCUT2D eigenvalue weighted by atomic mass is 16.4. The summed E-state index contributed by atoms with van der Waals surface area (Å²) in [5, 5.41) is 12.8. The van der Waals surface area contributed by atoms with E-state index in [0.29, 0.717) is 31.5 Å². The Balaban J connectivity index is 1.97. The van der Waals surface area contributed by atoms with Crippen LogP contribution in [-0.2, 0) is 7.05 Å². The van der Waals surface area contributed by atoms with Gasteiger partial charge in [0.25, 0.3) is 0 Å². The van der Waals surface area contributed by atoms with E-state index in [4.69, 9.17) is 5.11 Å². The number of likely N-dealkylation sites (tertiary alicyclic amines) is 1. The van der Waals surface area contributed by atoms with Gasteiger partial charge in [-0.3, -0.25) is 9.48 Å². The molecule has 0 atom stereocenters. The third-order valence-electron chi connectivity index (χ3n) is 3.13. The van der Waals surface area contributed by atoms with Crippen LogP contribution < -0.4 is 0 Å². The van der Waals surface area contributed by atoms with Crippen LogP contribution in [0.1, 0.15) is 23.2 Å². The Morgan fingerprint density at radius 2 is 2.06 bits per heavy atom. The molecule has 1 saturated heterocycles. The van der Waals surface area contributed by atoms with Crippen molar-refractivity contribution in [2.75, 3.05) is 13.1 Å². The molecule has 0 unspecified atom stereocenters. The fraction of sp³-hybridized carbons (Fsp3) is 0.545. The first-order valence-electron chi connectivity index (χ1n) is 5.58. The van der Waals surface area contributed by atoms with Crippen LogP contribution in [0.2, 0.25) is 0 Å². The van der Waals surface area contributed by atoms with Crippen LogP contribution in [0.5, 0.6) is 0 Å². The van der Waals surface area contributed by atoms with Crippen molar-refractivity contribution < 1.29 is 14.7 Å². The summed E-state index contributed by atoms with van der Waals surface area (Å²) in [5.41, 5.74) is 0.612. The lowest BCUT2D eigenvalue weighted by Gasteiger charge is -2.28. The van der Waals surface area contributed by atoms with Crippen LogP contribution in [0.3, 0.4) is 0 Å². The number of carbonyl (C=O) groups is 2. The number of nitrogens with zero attached hydrogens (tertiary/aromatic N) is 3. The Morgan fingerprint density at radius 1 is 1.41 bits per heavy atom. The molecule has 1 aliphatic heterocycles. The van der Waals surface area contributed by atoms with Gasteiger partial charge in [0.15, 0.2) is 5.78 Å². The number of ketones is 1. The number of rotatable bonds is 2. The first-order valence-corrected chi connectivity index (χ1v) is 5.58. The maximum atomic E-state index is 12.1. The fourth-order valence-corrected chi connectivity index (χ4v) is 2.12. The third kappa shape index (κ3) is 2.46. The van der Waals surface area contributed by atoms with Gasteiger partial charge in [0.2, 0.25) is 0 Å². The molecule has 1 fully saturated rings. The lowest BCUT2D eigenvalue weighted by molar-refractivity contribution is 0.0821. The summed E-state index contributed by atoms with van der Waals surface area (Å²) in [4.78, 5) is 24.2. The smallest absolute Gasteiger partial charge is 0.407 e. The number of hydrogen-bond donors (Lipinski definition) is 1. The highest BCUT2D eigenvalue weighted by Crippen LogP contribution is 2.21.